The van der Waals surface area contributed by atoms with Crippen LogP contribution in [0.5, 0.6) is 0 Å². The number of aliphatic hydroxyl groups excluding tert-OH is 1. The summed E-state index contributed by atoms with van der Waals surface area (Å²) in [6.45, 7) is 4.59. The summed E-state index contributed by atoms with van der Waals surface area (Å²) in [6, 6.07) is 5.44. The number of aliphatic hydroxyl groups is 1. The summed E-state index contributed by atoms with van der Waals surface area (Å²) in [5.74, 6) is 0.430. The molecule has 5 nitrogen and oxygen atoms in total. The number of piperidine rings is 1. The van der Waals surface area contributed by atoms with E-state index in [9.17, 15) is 4.79 Å². The van der Waals surface area contributed by atoms with Crippen molar-refractivity contribution < 1.29 is 9.90 Å². The van der Waals surface area contributed by atoms with Crippen LogP contribution in [0.1, 0.15) is 36.5 Å². The number of hydrogen-bond acceptors (Lipinski definition) is 4. The van der Waals surface area contributed by atoms with Gasteiger partial charge < -0.3 is 21.1 Å². The quantitative estimate of drug-likeness (QED) is 0.720. The van der Waals surface area contributed by atoms with E-state index in [4.69, 9.17) is 10.8 Å². The van der Waals surface area contributed by atoms with Crippen LogP contribution >= 0.6 is 0 Å². The minimum absolute atomic E-state index is 0.0670. The Morgan fingerprint density at radius 2 is 2.33 bits per heavy atom. The first-order valence-electron chi connectivity index (χ1n) is 7.69. The topological polar surface area (TPSA) is 78.6 Å². The van der Waals surface area contributed by atoms with Crippen LogP contribution in [0.3, 0.4) is 0 Å². The molecule has 1 amide bonds. The van der Waals surface area contributed by atoms with E-state index in [1.54, 1.807) is 12.1 Å². The van der Waals surface area contributed by atoms with Crippen molar-refractivity contribution in [3.05, 3.63) is 23.8 Å². The Kier molecular flexibility index (Phi) is 5.44. The summed E-state index contributed by atoms with van der Waals surface area (Å²) < 4.78 is 0. The SMILES string of the molecule is CCNC(=O)c1ccc(N)c(N2CCCC(CCO)C2)c1. The van der Waals surface area contributed by atoms with Gasteiger partial charge in [-0.25, -0.2) is 0 Å². The first-order chi connectivity index (χ1) is 10.2. The summed E-state index contributed by atoms with van der Waals surface area (Å²) in [5, 5.41) is 11.9. The van der Waals surface area contributed by atoms with Crippen molar-refractivity contribution in [1.29, 1.82) is 0 Å². The molecule has 1 saturated heterocycles. The molecule has 0 bridgehead atoms. The van der Waals surface area contributed by atoms with Crippen molar-refractivity contribution in [2.45, 2.75) is 26.2 Å². The highest BCUT2D eigenvalue weighted by atomic mass is 16.3. The predicted molar refractivity (Wildman–Crippen MR) is 85.5 cm³/mol. The second kappa shape index (κ2) is 7.31. The summed E-state index contributed by atoms with van der Waals surface area (Å²) >= 11 is 0. The monoisotopic (exact) mass is 291 g/mol. The van der Waals surface area contributed by atoms with Gasteiger partial charge in [-0.15, -0.1) is 0 Å². The zero-order valence-corrected chi connectivity index (χ0v) is 12.6. The van der Waals surface area contributed by atoms with Gasteiger partial charge in [0.15, 0.2) is 0 Å². The van der Waals surface area contributed by atoms with E-state index in [0.29, 0.717) is 23.7 Å². The lowest BCUT2D eigenvalue weighted by Gasteiger charge is -2.35. The minimum atomic E-state index is -0.0670. The third kappa shape index (κ3) is 3.88. The van der Waals surface area contributed by atoms with Crippen molar-refractivity contribution in [2.24, 2.45) is 5.92 Å². The number of amides is 1. The molecule has 0 saturated carbocycles. The largest absolute Gasteiger partial charge is 0.397 e. The van der Waals surface area contributed by atoms with Gasteiger partial charge in [0.1, 0.15) is 0 Å². The Morgan fingerprint density at radius 1 is 1.52 bits per heavy atom. The van der Waals surface area contributed by atoms with Crippen LogP contribution in [0.25, 0.3) is 0 Å². The maximum absolute atomic E-state index is 12.0. The number of nitrogens with two attached hydrogens (primary N) is 1. The fourth-order valence-corrected chi connectivity index (χ4v) is 2.92. The molecule has 2 rings (SSSR count). The van der Waals surface area contributed by atoms with E-state index < -0.39 is 0 Å². The van der Waals surface area contributed by atoms with E-state index in [1.165, 1.54) is 0 Å². The molecular weight excluding hydrogens is 266 g/mol. The van der Waals surface area contributed by atoms with Crippen molar-refractivity contribution >= 4 is 17.3 Å². The smallest absolute Gasteiger partial charge is 0.251 e. The summed E-state index contributed by atoms with van der Waals surface area (Å²) in [5.41, 5.74) is 8.37. The van der Waals surface area contributed by atoms with Crippen LogP contribution in [0.15, 0.2) is 18.2 Å². The number of nitrogens with one attached hydrogen (secondary N) is 1. The molecule has 1 aliphatic heterocycles. The maximum atomic E-state index is 12.0. The van der Waals surface area contributed by atoms with Crippen LogP contribution in [0.2, 0.25) is 0 Å². The number of anilines is 2. The van der Waals surface area contributed by atoms with Crippen LogP contribution in [-0.2, 0) is 0 Å². The van der Waals surface area contributed by atoms with Gasteiger partial charge in [-0.05, 0) is 50.3 Å². The summed E-state index contributed by atoms with van der Waals surface area (Å²) in [4.78, 5) is 14.2. The van der Waals surface area contributed by atoms with Gasteiger partial charge in [0.05, 0.1) is 11.4 Å². The van der Waals surface area contributed by atoms with Crippen molar-refractivity contribution in [2.75, 3.05) is 36.9 Å². The molecule has 1 heterocycles. The second-order valence-corrected chi connectivity index (χ2v) is 5.60. The highest BCUT2D eigenvalue weighted by molar-refractivity contribution is 5.96. The highest BCUT2D eigenvalue weighted by Crippen LogP contribution is 2.30. The minimum Gasteiger partial charge on any atom is -0.397 e. The molecule has 1 atom stereocenters. The molecule has 4 N–H and O–H groups in total. The van der Waals surface area contributed by atoms with Crippen molar-refractivity contribution in [1.82, 2.24) is 5.32 Å². The lowest BCUT2D eigenvalue weighted by atomic mass is 9.94. The van der Waals surface area contributed by atoms with E-state index >= 15 is 0 Å². The zero-order chi connectivity index (χ0) is 15.2. The van der Waals surface area contributed by atoms with Crippen LogP contribution in [-0.4, -0.2) is 37.3 Å². The van der Waals surface area contributed by atoms with E-state index in [-0.39, 0.29) is 12.5 Å². The van der Waals surface area contributed by atoms with Crippen molar-refractivity contribution in [3.8, 4) is 0 Å². The lowest BCUT2D eigenvalue weighted by Crippen LogP contribution is -2.36. The molecule has 5 heteroatoms. The maximum Gasteiger partial charge on any atom is 0.251 e. The molecule has 1 unspecified atom stereocenters. The van der Waals surface area contributed by atoms with Gasteiger partial charge in [-0.3, -0.25) is 4.79 Å². The van der Waals surface area contributed by atoms with Gasteiger partial charge in [0.25, 0.3) is 5.91 Å². The van der Waals surface area contributed by atoms with Crippen LogP contribution < -0.4 is 16.0 Å². The van der Waals surface area contributed by atoms with Gasteiger partial charge >= 0.3 is 0 Å². The third-order valence-corrected chi connectivity index (χ3v) is 4.03. The average molecular weight is 291 g/mol. The predicted octanol–water partition coefficient (Wildman–Crippen LogP) is 1.62. The molecule has 1 aliphatic rings. The van der Waals surface area contributed by atoms with Gasteiger partial charge in [0.2, 0.25) is 0 Å². The molecule has 0 radical (unpaired) electrons. The second-order valence-electron chi connectivity index (χ2n) is 5.60. The molecular formula is C16H25N3O2. The highest BCUT2D eigenvalue weighted by Gasteiger charge is 2.21. The Bertz CT molecular complexity index is 488. The van der Waals surface area contributed by atoms with Gasteiger partial charge in [0, 0.05) is 31.8 Å². The summed E-state index contributed by atoms with van der Waals surface area (Å²) in [6.07, 6.45) is 3.06. The molecule has 0 aromatic heterocycles. The van der Waals surface area contributed by atoms with E-state index in [1.807, 2.05) is 13.0 Å². The Hall–Kier alpha value is -1.75. The Labute approximate surface area is 126 Å². The molecule has 0 aliphatic carbocycles. The molecule has 116 valence electrons. The number of hydrogen-bond donors (Lipinski definition) is 3. The van der Waals surface area contributed by atoms with E-state index in [0.717, 1.165) is 38.0 Å². The summed E-state index contributed by atoms with van der Waals surface area (Å²) in [7, 11) is 0. The normalized spacial score (nSPS) is 18.6. The molecule has 1 aromatic rings. The number of carbonyl (C=O) groups is 1. The number of nitrogen functional groups attached to an aromatic ring is 1. The Balaban J connectivity index is 2.17. The molecule has 1 fully saturated rings. The molecule has 1 aromatic carbocycles. The Morgan fingerprint density at radius 3 is 3.05 bits per heavy atom. The standard InChI is InChI=1S/C16H25N3O2/c1-2-18-16(21)13-5-6-14(17)15(10-13)19-8-3-4-12(11-19)7-9-20/h5-6,10,12,20H,2-4,7-9,11,17H2,1H3,(H,18,21). The van der Waals surface area contributed by atoms with E-state index in [2.05, 4.69) is 10.2 Å². The number of benzene rings is 1. The first-order valence-corrected chi connectivity index (χ1v) is 7.69. The number of nitrogens with zero attached hydrogens (tertiary/aromatic N) is 1. The van der Waals surface area contributed by atoms with Gasteiger partial charge in [-0.2, -0.15) is 0 Å². The fourth-order valence-electron chi connectivity index (χ4n) is 2.92. The third-order valence-electron chi connectivity index (χ3n) is 4.03. The zero-order valence-electron chi connectivity index (χ0n) is 12.6. The van der Waals surface area contributed by atoms with Crippen LogP contribution in [0, 0.1) is 5.92 Å². The lowest BCUT2D eigenvalue weighted by molar-refractivity contribution is 0.0956. The fraction of sp³-hybridized carbons (Fsp3) is 0.562. The van der Waals surface area contributed by atoms with Crippen LogP contribution in [0.4, 0.5) is 11.4 Å². The number of rotatable bonds is 5. The number of carbonyl (C=O) groups excluding carboxylic acids is 1. The van der Waals surface area contributed by atoms with Gasteiger partial charge in [-0.1, -0.05) is 0 Å². The molecule has 21 heavy (non-hydrogen) atoms. The molecule has 0 spiro atoms. The average Bonchev–Trinajstić information content (AvgIpc) is 2.48. The first kappa shape index (κ1) is 15.6. The van der Waals surface area contributed by atoms with Crippen molar-refractivity contribution in [3.63, 3.8) is 0 Å².